The van der Waals surface area contributed by atoms with Crippen LogP contribution < -0.4 is 0 Å². The number of aromatic nitrogens is 4. The Balaban J connectivity index is 2.19. The second kappa shape index (κ2) is 3.02. The van der Waals surface area contributed by atoms with Crippen molar-refractivity contribution in [2.24, 2.45) is 0 Å². The Morgan fingerprint density at radius 3 is 2.86 bits per heavy atom. The monoisotopic (exact) mass is 252 g/mol. The number of imidazole rings is 1. The van der Waals surface area contributed by atoms with Gasteiger partial charge in [-0.15, -0.1) is 0 Å². The molecule has 1 aliphatic rings. The van der Waals surface area contributed by atoms with Crippen LogP contribution in [0.5, 0.6) is 0 Å². The molecule has 0 radical (unpaired) electrons. The molecule has 0 N–H and O–H groups in total. The molecule has 0 bridgehead atoms. The van der Waals surface area contributed by atoms with Crippen molar-refractivity contribution in [2.45, 2.75) is 25.2 Å². The Morgan fingerprint density at radius 2 is 2.21 bits per heavy atom. The third-order valence-electron chi connectivity index (χ3n) is 2.74. The fourth-order valence-corrected chi connectivity index (χ4v) is 2.38. The van der Waals surface area contributed by atoms with Gasteiger partial charge in [0.15, 0.2) is 0 Å². The molecule has 1 aliphatic carbocycles. The summed E-state index contributed by atoms with van der Waals surface area (Å²) < 4.78 is 2.71. The number of halogens is 1. The highest BCUT2D eigenvalue weighted by Crippen LogP contribution is 2.38. The van der Waals surface area contributed by atoms with E-state index < -0.39 is 0 Å². The minimum Gasteiger partial charge on any atom is -0.218 e. The van der Waals surface area contributed by atoms with Crippen molar-refractivity contribution in [3.8, 4) is 0 Å². The summed E-state index contributed by atoms with van der Waals surface area (Å²) in [6, 6.07) is 0. The van der Waals surface area contributed by atoms with Gasteiger partial charge in [-0.1, -0.05) is 6.42 Å². The lowest BCUT2D eigenvalue weighted by Crippen LogP contribution is -2.09. The molecule has 0 atom stereocenters. The van der Waals surface area contributed by atoms with Crippen molar-refractivity contribution in [3.05, 3.63) is 22.7 Å². The molecule has 2 aromatic heterocycles. The molecule has 1 fully saturated rings. The van der Waals surface area contributed by atoms with Crippen LogP contribution in [0.4, 0.5) is 0 Å². The first-order valence-electron chi connectivity index (χ1n) is 4.71. The maximum absolute atomic E-state index is 4.48. The Labute approximate surface area is 89.5 Å². The Morgan fingerprint density at radius 1 is 1.36 bits per heavy atom. The quantitative estimate of drug-likeness (QED) is 0.782. The second-order valence-corrected chi connectivity index (χ2v) is 4.32. The van der Waals surface area contributed by atoms with Crippen LogP contribution in [-0.2, 0) is 0 Å². The van der Waals surface area contributed by atoms with Crippen molar-refractivity contribution in [1.29, 1.82) is 0 Å². The number of rotatable bonds is 1. The molecule has 1 saturated carbocycles. The van der Waals surface area contributed by atoms with Gasteiger partial charge in [-0.25, -0.2) is 9.97 Å². The van der Waals surface area contributed by atoms with Gasteiger partial charge in [0.2, 0.25) is 0 Å². The lowest BCUT2D eigenvalue weighted by molar-refractivity contribution is 0.411. The molecule has 0 saturated heterocycles. The van der Waals surface area contributed by atoms with Gasteiger partial charge < -0.3 is 0 Å². The summed E-state index contributed by atoms with van der Waals surface area (Å²) in [7, 11) is 0. The summed E-state index contributed by atoms with van der Waals surface area (Å²) in [6.45, 7) is 0. The van der Waals surface area contributed by atoms with Gasteiger partial charge in [0.25, 0.3) is 5.78 Å². The predicted octanol–water partition coefficient (Wildman–Crippen LogP) is 2.15. The summed E-state index contributed by atoms with van der Waals surface area (Å²) in [4.78, 5) is 8.64. The first kappa shape index (κ1) is 8.35. The van der Waals surface area contributed by atoms with Crippen molar-refractivity contribution in [1.82, 2.24) is 19.6 Å². The molecular weight excluding hydrogens is 244 g/mol. The fourth-order valence-electron chi connectivity index (χ4n) is 1.72. The first-order valence-corrected chi connectivity index (χ1v) is 5.50. The van der Waals surface area contributed by atoms with E-state index in [1.165, 1.54) is 19.3 Å². The molecule has 0 spiro atoms. The van der Waals surface area contributed by atoms with E-state index in [0.717, 1.165) is 10.3 Å². The minimum absolute atomic E-state index is 0.605. The highest BCUT2D eigenvalue weighted by molar-refractivity contribution is 9.10. The van der Waals surface area contributed by atoms with E-state index in [2.05, 4.69) is 31.0 Å². The summed E-state index contributed by atoms with van der Waals surface area (Å²) in [5.74, 6) is 1.29. The van der Waals surface area contributed by atoms with Crippen LogP contribution in [0.3, 0.4) is 0 Å². The Hall–Kier alpha value is -0.970. The molecule has 2 aromatic rings. The van der Waals surface area contributed by atoms with Crippen molar-refractivity contribution in [3.63, 3.8) is 0 Å². The number of fused-ring (bicyclic) bond motifs is 1. The van der Waals surface area contributed by atoms with Crippen LogP contribution in [0.1, 0.15) is 30.9 Å². The van der Waals surface area contributed by atoms with E-state index in [4.69, 9.17) is 0 Å². The lowest BCUT2D eigenvalue weighted by atomic mass is 9.83. The zero-order valence-electron chi connectivity index (χ0n) is 7.52. The second-order valence-electron chi connectivity index (χ2n) is 3.57. The predicted molar refractivity (Wildman–Crippen MR) is 55.1 cm³/mol. The summed E-state index contributed by atoms with van der Waals surface area (Å²) in [5, 5.41) is 4.19. The van der Waals surface area contributed by atoms with Crippen LogP contribution in [-0.4, -0.2) is 19.6 Å². The molecule has 5 heteroatoms. The highest BCUT2D eigenvalue weighted by Gasteiger charge is 2.26. The average Bonchev–Trinajstić information content (AvgIpc) is 2.43. The van der Waals surface area contributed by atoms with Gasteiger partial charge in [0.1, 0.15) is 4.60 Å². The summed E-state index contributed by atoms with van der Waals surface area (Å²) >= 11 is 3.53. The Kier molecular flexibility index (Phi) is 1.80. The average molecular weight is 253 g/mol. The maximum atomic E-state index is 4.48. The molecule has 14 heavy (non-hydrogen) atoms. The SMILES string of the molecule is Brc1c(C2CCC2)nc2nccnn12. The molecule has 0 amide bonds. The van der Waals surface area contributed by atoms with Gasteiger partial charge in [-0.2, -0.15) is 9.61 Å². The fraction of sp³-hybridized carbons (Fsp3) is 0.444. The number of hydrogen-bond donors (Lipinski definition) is 0. The molecule has 72 valence electrons. The molecular formula is C9H9BrN4. The lowest BCUT2D eigenvalue weighted by Gasteiger charge is -2.23. The van der Waals surface area contributed by atoms with E-state index in [-0.39, 0.29) is 0 Å². The largest absolute Gasteiger partial charge is 0.251 e. The number of nitrogens with zero attached hydrogens (tertiary/aromatic N) is 4. The molecule has 4 nitrogen and oxygen atoms in total. The smallest absolute Gasteiger partial charge is 0.218 e. The van der Waals surface area contributed by atoms with Gasteiger partial charge in [-0.05, 0) is 28.8 Å². The van der Waals surface area contributed by atoms with Crippen LogP contribution in [0.25, 0.3) is 5.78 Å². The Bertz CT molecular complexity index is 475. The van der Waals surface area contributed by atoms with Crippen molar-refractivity contribution >= 4 is 21.7 Å². The third kappa shape index (κ3) is 1.08. The van der Waals surface area contributed by atoms with Gasteiger partial charge in [0, 0.05) is 5.92 Å². The van der Waals surface area contributed by atoms with Crippen molar-refractivity contribution in [2.75, 3.05) is 0 Å². The van der Waals surface area contributed by atoms with E-state index in [1.54, 1.807) is 16.9 Å². The molecule has 0 aromatic carbocycles. The number of hydrogen-bond acceptors (Lipinski definition) is 3. The van der Waals surface area contributed by atoms with E-state index in [0.29, 0.717) is 11.7 Å². The zero-order chi connectivity index (χ0) is 9.54. The molecule has 0 aliphatic heterocycles. The van der Waals surface area contributed by atoms with Crippen LogP contribution in [0.2, 0.25) is 0 Å². The first-order chi connectivity index (χ1) is 6.86. The highest BCUT2D eigenvalue weighted by atomic mass is 79.9. The van der Waals surface area contributed by atoms with Gasteiger partial charge in [0.05, 0.1) is 18.1 Å². The molecule has 3 rings (SSSR count). The van der Waals surface area contributed by atoms with Gasteiger partial charge in [-0.3, -0.25) is 0 Å². The van der Waals surface area contributed by atoms with E-state index >= 15 is 0 Å². The van der Waals surface area contributed by atoms with Crippen LogP contribution in [0.15, 0.2) is 17.0 Å². The zero-order valence-corrected chi connectivity index (χ0v) is 9.11. The summed E-state index contributed by atoms with van der Waals surface area (Å²) in [5.41, 5.74) is 1.11. The topological polar surface area (TPSA) is 43.1 Å². The van der Waals surface area contributed by atoms with Crippen LogP contribution >= 0.6 is 15.9 Å². The van der Waals surface area contributed by atoms with Gasteiger partial charge >= 0.3 is 0 Å². The standard InChI is InChI=1S/C9H9BrN4/c10-8-7(6-2-1-3-6)13-9-11-4-5-12-14(8)9/h4-6H,1-3H2. The van der Waals surface area contributed by atoms with Crippen molar-refractivity contribution < 1.29 is 0 Å². The van der Waals surface area contributed by atoms with Crippen LogP contribution in [0, 0.1) is 0 Å². The maximum Gasteiger partial charge on any atom is 0.251 e. The summed E-state index contributed by atoms with van der Waals surface area (Å²) in [6.07, 6.45) is 7.13. The van der Waals surface area contributed by atoms with E-state index in [1.807, 2.05) is 0 Å². The molecule has 0 unspecified atom stereocenters. The normalized spacial score (nSPS) is 17.2. The third-order valence-corrected chi connectivity index (χ3v) is 3.48. The molecule has 2 heterocycles. The minimum atomic E-state index is 0.605. The van der Waals surface area contributed by atoms with E-state index in [9.17, 15) is 0 Å².